The molecule has 0 bridgehead atoms. The molecule has 1 aromatic heterocycles. The first kappa shape index (κ1) is 9.51. The summed E-state index contributed by atoms with van der Waals surface area (Å²) < 4.78 is 12.1. The van der Waals surface area contributed by atoms with E-state index in [0.717, 1.165) is 13.0 Å². The first-order valence-corrected chi connectivity index (χ1v) is 5.00. The van der Waals surface area contributed by atoms with Crippen molar-refractivity contribution in [2.45, 2.75) is 13.0 Å². The topological polar surface area (TPSA) is 53.3 Å². The highest BCUT2D eigenvalue weighted by Gasteiger charge is 2.26. The Kier molecular flexibility index (Phi) is 2.45. The van der Waals surface area contributed by atoms with E-state index in [9.17, 15) is 4.79 Å². The van der Waals surface area contributed by atoms with Gasteiger partial charge in [-0.2, -0.15) is 5.10 Å². The number of rotatable bonds is 1. The summed E-state index contributed by atoms with van der Waals surface area (Å²) in [5.41, 5.74) is 0.368. The summed E-state index contributed by atoms with van der Waals surface area (Å²) >= 11 is 3.21. The molecule has 0 fully saturated rings. The summed E-state index contributed by atoms with van der Waals surface area (Å²) in [5, 5.41) is 4.13. The maximum Gasteiger partial charge on any atom is 0.346 e. The van der Waals surface area contributed by atoms with E-state index < -0.39 is 5.97 Å². The minimum atomic E-state index is -0.431. The number of hydrogen-bond donors (Lipinski definition) is 0. The molecule has 5 nitrogen and oxygen atoms in total. The zero-order chi connectivity index (χ0) is 10.1. The largest absolute Gasteiger partial charge is 0.477 e. The SMILES string of the molecule is COC(=O)c1c(Br)nn2c1OCCC2. The molecule has 1 aromatic rings. The lowest BCUT2D eigenvalue weighted by Crippen LogP contribution is -2.16. The Bertz CT molecular complexity index is 375. The van der Waals surface area contributed by atoms with E-state index >= 15 is 0 Å². The molecule has 0 spiro atoms. The van der Waals surface area contributed by atoms with Crippen molar-refractivity contribution in [3.05, 3.63) is 10.2 Å². The summed E-state index contributed by atoms with van der Waals surface area (Å²) in [5.74, 6) is 0.0648. The fraction of sp³-hybridized carbons (Fsp3) is 0.500. The Hall–Kier alpha value is -1.04. The van der Waals surface area contributed by atoms with Crippen LogP contribution < -0.4 is 4.74 Å². The van der Waals surface area contributed by atoms with Gasteiger partial charge >= 0.3 is 5.97 Å². The maximum absolute atomic E-state index is 11.4. The summed E-state index contributed by atoms with van der Waals surface area (Å²) in [4.78, 5) is 11.4. The maximum atomic E-state index is 11.4. The van der Waals surface area contributed by atoms with Crippen molar-refractivity contribution in [2.24, 2.45) is 0 Å². The first-order chi connectivity index (χ1) is 6.74. The minimum Gasteiger partial charge on any atom is -0.477 e. The number of halogens is 1. The van der Waals surface area contributed by atoms with Crippen LogP contribution in [0.4, 0.5) is 0 Å². The number of aryl methyl sites for hydroxylation is 1. The van der Waals surface area contributed by atoms with Gasteiger partial charge in [-0.05, 0) is 15.9 Å². The van der Waals surface area contributed by atoms with Crippen molar-refractivity contribution in [3.8, 4) is 5.88 Å². The highest BCUT2D eigenvalue weighted by atomic mass is 79.9. The number of hydrogen-bond acceptors (Lipinski definition) is 4. The summed E-state index contributed by atoms with van der Waals surface area (Å²) in [6.45, 7) is 1.38. The molecule has 6 heteroatoms. The zero-order valence-electron chi connectivity index (χ0n) is 7.62. The Labute approximate surface area is 89.1 Å². The van der Waals surface area contributed by atoms with Crippen LogP contribution in [0.3, 0.4) is 0 Å². The van der Waals surface area contributed by atoms with Crippen LogP contribution in [0, 0.1) is 0 Å². The lowest BCUT2D eigenvalue weighted by molar-refractivity contribution is 0.0592. The standard InChI is InChI=1S/C8H9BrN2O3/c1-13-8(12)5-6(9)10-11-3-2-4-14-7(5)11/h2-4H2,1H3. The smallest absolute Gasteiger partial charge is 0.346 e. The zero-order valence-corrected chi connectivity index (χ0v) is 9.20. The number of aromatic nitrogens is 2. The first-order valence-electron chi connectivity index (χ1n) is 4.21. The molecule has 0 radical (unpaired) electrons. The van der Waals surface area contributed by atoms with E-state index in [0.29, 0.717) is 22.7 Å². The molecule has 0 saturated carbocycles. The van der Waals surface area contributed by atoms with E-state index in [1.165, 1.54) is 7.11 Å². The van der Waals surface area contributed by atoms with E-state index in [1.54, 1.807) is 4.68 Å². The second-order valence-electron chi connectivity index (χ2n) is 2.89. The van der Waals surface area contributed by atoms with Crippen LogP contribution in [-0.2, 0) is 11.3 Å². The minimum absolute atomic E-state index is 0.368. The average molecular weight is 261 g/mol. The van der Waals surface area contributed by atoms with Crippen LogP contribution in [0.2, 0.25) is 0 Å². The molecule has 1 aliphatic heterocycles. The molecule has 2 heterocycles. The molecule has 1 aliphatic rings. The summed E-state index contributed by atoms with van der Waals surface area (Å²) in [6.07, 6.45) is 0.904. The van der Waals surface area contributed by atoms with Gasteiger partial charge < -0.3 is 9.47 Å². The lowest BCUT2D eigenvalue weighted by atomic mass is 10.3. The van der Waals surface area contributed by atoms with Gasteiger partial charge in [-0.1, -0.05) is 0 Å². The molecular weight excluding hydrogens is 252 g/mol. The van der Waals surface area contributed by atoms with Crippen LogP contribution in [0.15, 0.2) is 4.60 Å². The van der Waals surface area contributed by atoms with Crippen LogP contribution >= 0.6 is 15.9 Å². The van der Waals surface area contributed by atoms with E-state index in [4.69, 9.17) is 4.74 Å². The monoisotopic (exact) mass is 260 g/mol. The van der Waals surface area contributed by atoms with Gasteiger partial charge in [0.1, 0.15) is 4.60 Å². The Morgan fingerprint density at radius 2 is 2.50 bits per heavy atom. The van der Waals surface area contributed by atoms with Crippen molar-refractivity contribution in [1.29, 1.82) is 0 Å². The van der Waals surface area contributed by atoms with Gasteiger partial charge in [0, 0.05) is 13.0 Å². The van der Waals surface area contributed by atoms with Crippen molar-refractivity contribution in [3.63, 3.8) is 0 Å². The summed E-state index contributed by atoms with van der Waals surface area (Å²) in [7, 11) is 1.33. The number of ether oxygens (including phenoxy) is 2. The fourth-order valence-electron chi connectivity index (χ4n) is 1.37. The van der Waals surface area contributed by atoms with E-state index in [2.05, 4.69) is 25.8 Å². The molecule has 0 saturated heterocycles. The van der Waals surface area contributed by atoms with Crippen molar-refractivity contribution < 1.29 is 14.3 Å². The molecular formula is C8H9BrN2O3. The molecule has 0 aliphatic carbocycles. The number of fused-ring (bicyclic) bond motifs is 1. The molecule has 0 unspecified atom stereocenters. The van der Waals surface area contributed by atoms with Gasteiger partial charge in [-0.25, -0.2) is 9.48 Å². The predicted molar refractivity (Wildman–Crippen MR) is 51.4 cm³/mol. The van der Waals surface area contributed by atoms with Gasteiger partial charge in [0.2, 0.25) is 5.88 Å². The quantitative estimate of drug-likeness (QED) is 0.713. The second kappa shape index (κ2) is 3.61. The normalized spacial score (nSPS) is 14.4. The van der Waals surface area contributed by atoms with Crippen molar-refractivity contribution in [1.82, 2.24) is 9.78 Å². The highest BCUT2D eigenvalue weighted by molar-refractivity contribution is 9.10. The van der Waals surface area contributed by atoms with Crippen molar-refractivity contribution >= 4 is 21.9 Å². The Morgan fingerprint density at radius 3 is 3.21 bits per heavy atom. The van der Waals surface area contributed by atoms with E-state index in [-0.39, 0.29) is 0 Å². The number of esters is 1. The molecule has 2 rings (SSSR count). The molecule has 0 atom stereocenters. The van der Waals surface area contributed by atoms with Crippen LogP contribution in [0.1, 0.15) is 16.8 Å². The molecule has 14 heavy (non-hydrogen) atoms. The predicted octanol–water partition coefficient (Wildman–Crippen LogP) is 1.21. The number of methoxy groups -OCH3 is 1. The van der Waals surface area contributed by atoms with Gasteiger partial charge in [0.25, 0.3) is 0 Å². The third kappa shape index (κ3) is 1.39. The number of nitrogens with zero attached hydrogens (tertiary/aromatic N) is 2. The van der Waals surface area contributed by atoms with Crippen LogP contribution in [0.25, 0.3) is 0 Å². The van der Waals surface area contributed by atoms with E-state index in [1.807, 2.05) is 0 Å². The molecule has 0 aromatic carbocycles. The Balaban J connectivity index is 2.47. The van der Waals surface area contributed by atoms with Crippen molar-refractivity contribution in [2.75, 3.05) is 13.7 Å². The van der Waals surface area contributed by atoms with Crippen LogP contribution in [-0.4, -0.2) is 29.5 Å². The number of carbonyl (C=O) groups excluding carboxylic acids is 1. The fourth-order valence-corrected chi connectivity index (χ4v) is 1.90. The highest BCUT2D eigenvalue weighted by Crippen LogP contribution is 2.29. The Morgan fingerprint density at radius 1 is 1.71 bits per heavy atom. The van der Waals surface area contributed by atoms with Gasteiger partial charge in [0.15, 0.2) is 5.56 Å². The number of carbonyl (C=O) groups is 1. The third-order valence-electron chi connectivity index (χ3n) is 2.01. The second-order valence-corrected chi connectivity index (χ2v) is 3.64. The van der Waals surface area contributed by atoms with Gasteiger partial charge in [0.05, 0.1) is 13.7 Å². The molecule has 0 N–H and O–H groups in total. The lowest BCUT2D eigenvalue weighted by Gasteiger charge is -2.15. The van der Waals surface area contributed by atoms with Gasteiger partial charge in [-0.15, -0.1) is 0 Å². The summed E-state index contributed by atoms with van der Waals surface area (Å²) in [6, 6.07) is 0. The third-order valence-corrected chi connectivity index (χ3v) is 2.56. The van der Waals surface area contributed by atoms with Gasteiger partial charge in [-0.3, -0.25) is 0 Å². The van der Waals surface area contributed by atoms with Crippen LogP contribution in [0.5, 0.6) is 5.88 Å². The molecule has 0 amide bonds. The molecule has 76 valence electrons. The average Bonchev–Trinajstić information content (AvgIpc) is 2.53.